The molecule has 2 aliphatic rings. The zero-order valence-electron chi connectivity index (χ0n) is 10.7. The molecular weight excluding hydrogens is 216 g/mol. The molecule has 2 rings (SSSR count). The summed E-state index contributed by atoms with van der Waals surface area (Å²) in [5, 5.41) is 5.85. The van der Waals surface area contributed by atoms with Crippen molar-refractivity contribution in [3.63, 3.8) is 0 Å². The highest BCUT2D eigenvalue weighted by Crippen LogP contribution is 2.28. The predicted molar refractivity (Wildman–Crippen MR) is 65.3 cm³/mol. The van der Waals surface area contributed by atoms with Crippen molar-refractivity contribution in [3.05, 3.63) is 0 Å². The molecule has 0 radical (unpaired) electrons. The second-order valence-corrected chi connectivity index (χ2v) is 5.58. The third-order valence-electron chi connectivity index (χ3n) is 4.17. The van der Waals surface area contributed by atoms with Crippen LogP contribution in [0.4, 0.5) is 0 Å². The molecule has 4 nitrogen and oxygen atoms in total. The highest BCUT2D eigenvalue weighted by Gasteiger charge is 2.33. The van der Waals surface area contributed by atoms with Crippen molar-refractivity contribution < 1.29 is 9.59 Å². The topological polar surface area (TPSA) is 58.2 Å². The summed E-state index contributed by atoms with van der Waals surface area (Å²) in [6.07, 6.45) is 4.75. The molecule has 2 fully saturated rings. The molecule has 1 saturated carbocycles. The Bertz CT molecular complexity index is 307. The Morgan fingerprint density at radius 3 is 2.41 bits per heavy atom. The lowest BCUT2D eigenvalue weighted by molar-refractivity contribution is -0.127. The molecule has 1 aliphatic heterocycles. The lowest BCUT2D eigenvalue weighted by Gasteiger charge is -2.35. The van der Waals surface area contributed by atoms with Crippen LogP contribution >= 0.6 is 0 Å². The lowest BCUT2D eigenvalue weighted by Crippen LogP contribution is -2.51. The van der Waals surface area contributed by atoms with Gasteiger partial charge in [0.05, 0.1) is 0 Å². The first-order chi connectivity index (χ1) is 8.08. The molecule has 0 aromatic rings. The fourth-order valence-electron chi connectivity index (χ4n) is 3.04. The summed E-state index contributed by atoms with van der Waals surface area (Å²) in [4.78, 5) is 23.1. The Kier molecular flexibility index (Phi) is 3.69. The number of carbonyl (C=O) groups excluding carboxylic acids is 2. The first-order valence-electron chi connectivity index (χ1n) is 6.67. The molecular formula is C13H22N2O2. The molecule has 0 spiro atoms. The molecule has 2 amide bonds. The summed E-state index contributed by atoms with van der Waals surface area (Å²) in [7, 11) is 0. The van der Waals surface area contributed by atoms with Gasteiger partial charge < -0.3 is 10.6 Å². The van der Waals surface area contributed by atoms with Crippen molar-refractivity contribution in [1.29, 1.82) is 0 Å². The average molecular weight is 238 g/mol. The van der Waals surface area contributed by atoms with Crippen molar-refractivity contribution in [2.75, 3.05) is 0 Å². The van der Waals surface area contributed by atoms with Crippen LogP contribution in [0.5, 0.6) is 0 Å². The number of rotatable bonds is 2. The standard InChI is InChI=1S/C13H22N2O2/c1-8-4-3-5-9(2)12(8)15-13(17)10-6-7-11(16)14-10/h8-10,12H,3-7H2,1-2H3,(H,14,16)(H,15,17)/t8?,9?,10-,12?/m1/s1. The van der Waals surface area contributed by atoms with Crippen molar-refractivity contribution in [2.45, 2.75) is 58.0 Å². The smallest absolute Gasteiger partial charge is 0.242 e. The maximum Gasteiger partial charge on any atom is 0.242 e. The van der Waals surface area contributed by atoms with Crippen LogP contribution in [0.1, 0.15) is 46.0 Å². The normalized spacial score (nSPS) is 37.6. The quantitative estimate of drug-likeness (QED) is 0.759. The van der Waals surface area contributed by atoms with E-state index in [4.69, 9.17) is 0 Å². The molecule has 3 atom stereocenters. The summed E-state index contributed by atoms with van der Waals surface area (Å²) >= 11 is 0. The highest BCUT2D eigenvalue weighted by atomic mass is 16.2. The first-order valence-corrected chi connectivity index (χ1v) is 6.67. The number of hydrogen-bond acceptors (Lipinski definition) is 2. The van der Waals surface area contributed by atoms with E-state index in [1.54, 1.807) is 0 Å². The molecule has 4 heteroatoms. The number of carbonyl (C=O) groups is 2. The fourth-order valence-corrected chi connectivity index (χ4v) is 3.04. The van der Waals surface area contributed by atoms with Crippen LogP contribution in [-0.4, -0.2) is 23.9 Å². The van der Waals surface area contributed by atoms with Gasteiger partial charge in [0.2, 0.25) is 11.8 Å². The van der Waals surface area contributed by atoms with E-state index in [9.17, 15) is 9.59 Å². The summed E-state index contributed by atoms with van der Waals surface area (Å²) in [5.74, 6) is 1.08. The van der Waals surface area contributed by atoms with Crippen molar-refractivity contribution in [2.24, 2.45) is 11.8 Å². The minimum Gasteiger partial charge on any atom is -0.351 e. The minimum absolute atomic E-state index is 0.00134. The van der Waals surface area contributed by atoms with E-state index in [1.165, 1.54) is 19.3 Å². The van der Waals surface area contributed by atoms with E-state index in [1.807, 2.05) is 0 Å². The Morgan fingerprint density at radius 2 is 1.88 bits per heavy atom. The van der Waals surface area contributed by atoms with Crippen molar-refractivity contribution in [3.8, 4) is 0 Å². The van der Waals surface area contributed by atoms with Crippen LogP contribution in [-0.2, 0) is 9.59 Å². The van der Waals surface area contributed by atoms with Gasteiger partial charge in [0.1, 0.15) is 6.04 Å². The minimum atomic E-state index is -0.302. The largest absolute Gasteiger partial charge is 0.351 e. The van der Waals surface area contributed by atoms with Gasteiger partial charge in [-0.05, 0) is 31.1 Å². The second-order valence-electron chi connectivity index (χ2n) is 5.58. The molecule has 1 saturated heterocycles. The van der Waals surface area contributed by atoms with E-state index in [-0.39, 0.29) is 23.9 Å². The van der Waals surface area contributed by atoms with Crippen LogP contribution in [0.25, 0.3) is 0 Å². The van der Waals surface area contributed by atoms with Crippen molar-refractivity contribution >= 4 is 11.8 Å². The van der Waals surface area contributed by atoms with E-state index < -0.39 is 0 Å². The van der Waals surface area contributed by atoms with Gasteiger partial charge in [-0.2, -0.15) is 0 Å². The molecule has 0 bridgehead atoms. The maximum atomic E-state index is 12.0. The lowest BCUT2D eigenvalue weighted by atomic mass is 9.78. The third kappa shape index (κ3) is 2.79. The average Bonchev–Trinajstić information content (AvgIpc) is 2.70. The van der Waals surface area contributed by atoms with Gasteiger partial charge >= 0.3 is 0 Å². The first kappa shape index (κ1) is 12.4. The van der Waals surface area contributed by atoms with E-state index in [0.29, 0.717) is 24.7 Å². The molecule has 2 N–H and O–H groups in total. The van der Waals surface area contributed by atoms with Gasteiger partial charge in [0.15, 0.2) is 0 Å². The summed E-state index contributed by atoms with van der Waals surface area (Å²) < 4.78 is 0. The monoisotopic (exact) mass is 238 g/mol. The van der Waals surface area contributed by atoms with Gasteiger partial charge in [-0.3, -0.25) is 9.59 Å². The molecule has 1 heterocycles. The van der Waals surface area contributed by atoms with E-state index in [2.05, 4.69) is 24.5 Å². The SMILES string of the molecule is CC1CCCC(C)C1NC(=O)[C@H]1CCC(=O)N1. The summed E-state index contributed by atoms with van der Waals surface area (Å²) in [6.45, 7) is 4.40. The third-order valence-corrected chi connectivity index (χ3v) is 4.17. The van der Waals surface area contributed by atoms with Gasteiger partial charge in [0, 0.05) is 12.5 Å². The Hall–Kier alpha value is -1.06. The van der Waals surface area contributed by atoms with Crippen molar-refractivity contribution in [1.82, 2.24) is 10.6 Å². The van der Waals surface area contributed by atoms with E-state index in [0.717, 1.165) is 0 Å². The molecule has 2 unspecified atom stereocenters. The fraction of sp³-hybridized carbons (Fsp3) is 0.846. The highest BCUT2D eigenvalue weighted by molar-refractivity contribution is 5.90. The second kappa shape index (κ2) is 5.07. The van der Waals surface area contributed by atoms with E-state index >= 15 is 0 Å². The van der Waals surface area contributed by atoms with Crippen LogP contribution in [0.15, 0.2) is 0 Å². The zero-order chi connectivity index (χ0) is 12.4. The molecule has 0 aromatic heterocycles. The molecule has 1 aliphatic carbocycles. The van der Waals surface area contributed by atoms with Gasteiger partial charge in [0.25, 0.3) is 0 Å². The Morgan fingerprint density at radius 1 is 1.24 bits per heavy atom. The predicted octanol–water partition coefficient (Wildman–Crippen LogP) is 1.21. The zero-order valence-corrected chi connectivity index (χ0v) is 10.7. The Labute approximate surface area is 103 Å². The molecule has 96 valence electrons. The summed E-state index contributed by atoms with van der Waals surface area (Å²) in [6, 6.07) is -0.0300. The number of nitrogens with one attached hydrogen (secondary N) is 2. The van der Waals surface area contributed by atoms with Gasteiger partial charge in [-0.15, -0.1) is 0 Å². The number of amides is 2. The van der Waals surface area contributed by atoms with Crippen LogP contribution < -0.4 is 10.6 Å². The number of hydrogen-bond donors (Lipinski definition) is 2. The van der Waals surface area contributed by atoms with Crippen LogP contribution in [0.3, 0.4) is 0 Å². The van der Waals surface area contributed by atoms with Gasteiger partial charge in [-0.1, -0.05) is 20.3 Å². The molecule has 17 heavy (non-hydrogen) atoms. The Balaban J connectivity index is 1.90. The summed E-state index contributed by atoms with van der Waals surface area (Å²) in [5.41, 5.74) is 0. The van der Waals surface area contributed by atoms with Crippen LogP contribution in [0.2, 0.25) is 0 Å². The molecule has 0 aromatic carbocycles. The maximum absolute atomic E-state index is 12.0. The van der Waals surface area contributed by atoms with Crippen LogP contribution in [0, 0.1) is 11.8 Å². The van der Waals surface area contributed by atoms with Gasteiger partial charge in [-0.25, -0.2) is 0 Å².